The number of nitrogens with one attached hydrogen (secondary N) is 1. The van der Waals surface area contributed by atoms with Crippen molar-refractivity contribution < 1.29 is 17.9 Å². The Balaban J connectivity index is 3.14. The van der Waals surface area contributed by atoms with Crippen LogP contribution in [-0.2, 0) is 6.54 Å². The second-order valence-electron chi connectivity index (χ2n) is 2.55. The first kappa shape index (κ1) is 12.3. The van der Waals surface area contributed by atoms with Crippen LogP contribution in [-0.4, -0.2) is 11.3 Å². The number of nitrogens with two attached hydrogens (primary N) is 1. The summed E-state index contributed by atoms with van der Waals surface area (Å²) in [6.45, 7) is 0.0171. The van der Waals surface area contributed by atoms with Gasteiger partial charge in [0.15, 0.2) is 5.75 Å². The van der Waals surface area contributed by atoms with Gasteiger partial charge in [0, 0.05) is 6.54 Å². The van der Waals surface area contributed by atoms with Crippen LogP contribution >= 0.6 is 22.6 Å². The van der Waals surface area contributed by atoms with E-state index in [4.69, 9.17) is 5.73 Å². The summed E-state index contributed by atoms with van der Waals surface area (Å²) in [5.74, 6) is -0.802. The summed E-state index contributed by atoms with van der Waals surface area (Å²) in [6.07, 6.45) is -4.88. The van der Waals surface area contributed by atoms with Crippen LogP contribution in [0.25, 0.3) is 0 Å². The van der Waals surface area contributed by atoms with E-state index >= 15 is 0 Å². The molecule has 0 spiro atoms. The quantitative estimate of drug-likeness (QED) is 0.634. The lowest BCUT2D eigenvalue weighted by Crippen LogP contribution is -2.24. The molecule has 0 aliphatic rings. The SMILES string of the molecule is NCc1cc(OC(F)(F)F)c(=O)[nH]c1I. The minimum atomic E-state index is -4.88. The summed E-state index contributed by atoms with van der Waals surface area (Å²) in [5.41, 5.74) is 4.72. The largest absolute Gasteiger partial charge is 0.573 e. The van der Waals surface area contributed by atoms with Crippen LogP contribution in [0.2, 0.25) is 0 Å². The van der Waals surface area contributed by atoms with Crippen molar-refractivity contribution >= 4 is 22.6 Å². The topological polar surface area (TPSA) is 68.1 Å². The van der Waals surface area contributed by atoms with Gasteiger partial charge in [0.1, 0.15) is 0 Å². The molecule has 0 saturated heterocycles. The highest BCUT2D eigenvalue weighted by Gasteiger charge is 2.32. The summed E-state index contributed by atoms with van der Waals surface area (Å²) in [7, 11) is 0. The zero-order valence-corrected chi connectivity index (χ0v) is 9.35. The number of hydrogen-bond donors (Lipinski definition) is 2. The second-order valence-corrected chi connectivity index (χ2v) is 3.63. The Kier molecular flexibility index (Phi) is 3.60. The fourth-order valence-corrected chi connectivity index (χ4v) is 1.50. The molecule has 3 N–H and O–H groups in total. The molecule has 0 atom stereocenters. The van der Waals surface area contributed by atoms with Crippen molar-refractivity contribution in [3.05, 3.63) is 25.7 Å². The highest BCUT2D eigenvalue weighted by atomic mass is 127. The van der Waals surface area contributed by atoms with Crippen molar-refractivity contribution in [2.45, 2.75) is 12.9 Å². The van der Waals surface area contributed by atoms with E-state index in [0.717, 1.165) is 6.07 Å². The van der Waals surface area contributed by atoms with Crippen LogP contribution in [0.15, 0.2) is 10.9 Å². The van der Waals surface area contributed by atoms with E-state index in [1.807, 2.05) is 0 Å². The molecule has 0 unspecified atom stereocenters. The third-order valence-corrected chi connectivity index (χ3v) is 2.44. The molecule has 4 nitrogen and oxygen atoms in total. The van der Waals surface area contributed by atoms with Crippen molar-refractivity contribution in [1.29, 1.82) is 0 Å². The number of aromatic amines is 1. The molecule has 0 aromatic carbocycles. The van der Waals surface area contributed by atoms with Crippen LogP contribution in [0, 0.1) is 3.70 Å². The summed E-state index contributed by atoms with van der Waals surface area (Å²) in [5, 5.41) is 0. The molecule has 15 heavy (non-hydrogen) atoms. The van der Waals surface area contributed by atoms with E-state index in [0.29, 0.717) is 9.26 Å². The molecule has 0 aliphatic carbocycles. The highest BCUT2D eigenvalue weighted by Crippen LogP contribution is 2.21. The van der Waals surface area contributed by atoms with Gasteiger partial charge < -0.3 is 15.5 Å². The van der Waals surface area contributed by atoms with E-state index in [1.165, 1.54) is 0 Å². The van der Waals surface area contributed by atoms with E-state index < -0.39 is 17.7 Å². The van der Waals surface area contributed by atoms with E-state index in [1.54, 1.807) is 22.6 Å². The third-order valence-electron chi connectivity index (χ3n) is 1.48. The molecule has 0 saturated carbocycles. The van der Waals surface area contributed by atoms with Gasteiger partial charge in [-0.2, -0.15) is 0 Å². The Morgan fingerprint density at radius 1 is 1.53 bits per heavy atom. The Bertz CT molecular complexity index is 416. The summed E-state index contributed by atoms with van der Waals surface area (Å²) < 4.78 is 39.5. The number of hydrogen-bond acceptors (Lipinski definition) is 3. The summed E-state index contributed by atoms with van der Waals surface area (Å²) >= 11 is 1.77. The normalized spacial score (nSPS) is 11.5. The van der Waals surface area contributed by atoms with Gasteiger partial charge in [-0.25, -0.2) is 0 Å². The van der Waals surface area contributed by atoms with Crippen LogP contribution in [0.1, 0.15) is 5.56 Å². The van der Waals surface area contributed by atoms with Gasteiger partial charge in [0.05, 0.1) is 3.70 Å². The smallest absolute Gasteiger partial charge is 0.400 e. The van der Waals surface area contributed by atoms with Gasteiger partial charge in [0.2, 0.25) is 0 Å². The lowest BCUT2D eigenvalue weighted by atomic mass is 10.3. The molecule has 0 aliphatic heterocycles. The van der Waals surface area contributed by atoms with Crippen LogP contribution < -0.4 is 16.0 Å². The minimum Gasteiger partial charge on any atom is -0.400 e. The number of H-pyrrole nitrogens is 1. The Morgan fingerprint density at radius 3 is 2.60 bits per heavy atom. The van der Waals surface area contributed by atoms with Crippen molar-refractivity contribution in [3.8, 4) is 5.75 Å². The molecular formula is C7H6F3IN2O2. The van der Waals surface area contributed by atoms with Crippen LogP contribution in [0.5, 0.6) is 5.75 Å². The van der Waals surface area contributed by atoms with Gasteiger partial charge in [-0.3, -0.25) is 4.79 Å². The first-order chi connectivity index (χ1) is 6.83. The molecule has 0 radical (unpaired) electrons. The molecule has 1 aromatic heterocycles. The van der Waals surface area contributed by atoms with Crippen molar-refractivity contribution in [3.63, 3.8) is 0 Å². The fraction of sp³-hybridized carbons (Fsp3) is 0.286. The second kappa shape index (κ2) is 4.39. The number of ether oxygens (including phenoxy) is 1. The maximum atomic E-state index is 11.8. The maximum absolute atomic E-state index is 11.8. The summed E-state index contributed by atoms with van der Waals surface area (Å²) in [4.78, 5) is 13.3. The zero-order chi connectivity index (χ0) is 11.6. The van der Waals surface area contributed by atoms with E-state index in [-0.39, 0.29) is 6.54 Å². The van der Waals surface area contributed by atoms with Gasteiger partial charge in [-0.15, -0.1) is 13.2 Å². The predicted octanol–water partition coefficient (Wildman–Crippen LogP) is 1.34. The Hall–Kier alpha value is -0.770. The van der Waals surface area contributed by atoms with Gasteiger partial charge in [0.25, 0.3) is 5.56 Å². The number of rotatable bonds is 2. The number of aromatic nitrogens is 1. The molecule has 0 amide bonds. The van der Waals surface area contributed by atoms with Gasteiger partial charge >= 0.3 is 6.36 Å². The van der Waals surface area contributed by atoms with E-state index in [9.17, 15) is 18.0 Å². The monoisotopic (exact) mass is 334 g/mol. The molecule has 84 valence electrons. The molecule has 8 heteroatoms. The number of pyridine rings is 1. The first-order valence-electron chi connectivity index (χ1n) is 3.71. The molecular weight excluding hydrogens is 328 g/mol. The van der Waals surface area contributed by atoms with Gasteiger partial charge in [-0.1, -0.05) is 0 Å². The Morgan fingerprint density at radius 2 is 2.13 bits per heavy atom. The number of alkyl halides is 3. The third kappa shape index (κ3) is 3.38. The Labute approximate surface area is 95.8 Å². The van der Waals surface area contributed by atoms with Crippen molar-refractivity contribution in [2.75, 3.05) is 0 Å². The zero-order valence-electron chi connectivity index (χ0n) is 7.19. The molecule has 1 heterocycles. The maximum Gasteiger partial charge on any atom is 0.573 e. The minimum absolute atomic E-state index is 0.0171. The molecule has 0 fully saturated rings. The van der Waals surface area contributed by atoms with Crippen molar-refractivity contribution in [1.82, 2.24) is 4.98 Å². The molecule has 1 rings (SSSR count). The predicted molar refractivity (Wildman–Crippen MR) is 54.4 cm³/mol. The summed E-state index contributed by atoms with van der Waals surface area (Å²) in [6, 6.07) is 0.980. The standard InChI is InChI=1S/C7H6F3IN2O2/c8-7(9,10)15-4-1-3(2-12)5(11)13-6(4)14/h1H,2,12H2,(H,13,14). The number of halogens is 4. The molecule has 1 aromatic rings. The lowest BCUT2D eigenvalue weighted by molar-refractivity contribution is -0.275. The fourth-order valence-electron chi connectivity index (χ4n) is 0.878. The van der Waals surface area contributed by atoms with E-state index in [2.05, 4.69) is 9.72 Å². The van der Waals surface area contributed by atoms with Crippen LogP contribution in [0.3, 0.4) is 0 Å². The average Bonchev–Trinajstić information content (AvgIpc) is 2.07. The van der Waals surface area contributed by atoms with Crippen LogP contribution in [0.4, 0.5) is 13.2 Å². The average molecular weight is 334 g/mol. The highest BCUT2D eigenvalue weighted by molar-refractivity contribution is 14.1. The van der Waals surface area contributed by atoms with Gasteiger partial charge in [-0.05, 0) is 34.2 Å². The first-order valence-corrected chi connectivity index (χ1v) is 4.79. The molecule has 0 bridgehead atoms. The van der Waals surface area contributed by atoms with Crippen molar-refractivity contribution in [2.24, 2.45) is 5.73 Å². The lowest BCUT2D eigenvalue weighted by Gasteiger charge is -2.09.